The van der Waals surface area contributed by atoms with E-state index in [4.69, 9.17) is 13.8 Å². The van der Waals surface area contributed by atoms with Crippen molar-refractivity contribution in [2.45, 2.75) is 18.6 Å². The lowest BCUT2D eigenvalue weighted by atomic mass is 10.2. The average Bonchev–Trinajstić information content (AvgIpc) is 2.33. The highest BCUT2D eigenvalue weighted by molar-refractivity contribution is 7.26. The summed E-state index contributed by atoms with van der Waals surface area (Å²) in [6.45, 7) is 1.56. The fourth-order valence-corrected chi connectivity index (χ4v) is 1.82. The number of ether oxygens (including phenoxy) is 1. The third-order valence-corrected chi connectivity index (χ3v) is 2.34. The first-order valence-corrected chi connectivity index (χ1v) is 3.92. The molecule has 52 valence electrons. The van der Waals surface area contributed by atoms with E-state index in [0.717, 1.165) is 19.6 Å². The maximum atomic E-state index is 5.31. The number of rotatable bonds is 0. The van der Waals surface area contributed by atoms with E-state index in [9.17, 15) is 0 Å². The van der Waals surface area contributed by atoms with E-state index in [-0.39, 0.29) is 15.1 Å². The van der Waals surface area contributed by atoms with Crippen molar-refractivity contribution in [2.24, 2.45) is 0 Å². The molecule has 2 aliphatic rings. The molecule has 0 aromatic heterocycles. The van der Waals surface area contributed by atoms with E-state index in [1.165, 1.54) is 0 Å². The molecule has 0 amide bonds. The number of hydrogen-bond donors (Lipinski definition) is 0. The minimum atomic E-state index is 0.228. The van der Waals surface area contributed by atoms with Gasteiger partial charge in [0.15, 0.2) is 9.03 Å². The number of hydrogen-bond acceptors (Lipinski definition) is 3. The van der Waals surface area contributed by atoms with Crippen molar-refractivity contribution in [3.05, 3.63) is 0 Å². The second kappa shape index (κ2) is 2.51. The quantitative estimate of drug-likeness (QED) is 0.473. The van der Waals surface area contributed by atoms with Crippen LogP contribution in [0.1, 0.15) is 6.42 Å². The Labute approximate surface area is 55.6 Å². The van der Waals surface area contributed by atoms with Gasteiger partial charge in [0.05, 0.1) is 12.7 Å². The lowest BCUT2D eigenvalue weighted by molar-refractivity contribution is -0.00330. The molecule has 2 fully saturated rings. The molecule has 2 heterocycles. The van der Waals surface area contributed by atoms with Gasteiger partial charge in [0.1, 0.15) is 6.10 Å². The Kier molecular flexibility index (Phi) is 1.68. The Morgan fingerprint density at radius 1 is 1.33 bits per heavy atom. The van der Waals surface area contributed by atoms with Crippen LogP contribution in [0.5, 0.6) is 0 Å². The smallest absolute Gasteiger partial charge is 0.155 e. The van der Waals surface area contributed by atoms with Crippen molar-refractivity contribution in [3.63, 3.8) is 0 Å². The van der Waals surface area contributed by atoms with Gasteiger partial charge in [-0.2, -0.15) is 0 Å². The van der Waals surface area contributed by atoms with Crippen molar-refractivity contribution in [1.82, 2.24) is 0 Å². The molecule has 2 aliphatic heterocycles. The van der Waals surface area contributed by atoms with Gasteiger partial charge in [-0.25, -0.2) is 0 Å². The molecule has 3 nitrogen and oxygen atoms in total. The zero-order chi connectivity index (χ0) is 6.10. The second-order valence-electron chi connectivity index (χ2n) is 2.25. The minimum Gasteiger partial charge on any atom is -0.373 e. The third kappa shape index (κ3) is 1.10. The highest BCUT2D eigenvalue weighted by Gasteiger charge is 2.32. The summed E-state index contributed by atoms with van der Waals surface area (Å²) in [5.41, 5.74) is 0. The molecule has 4 heteroatoms. The summed E-state index contributed by atoms with van der Waals surface area (Å²) < 4.78 is 15.7. The van der Waals surface area contributed by atoms with Gasteiger partial charge in [0.25, 0.3) is 0 Å². The topological polar surface area (TPSA) is 27.7 Å². The van der Waals surface area contributed by atoms with E-state index >= 15 is 0 Å². The summed E-state index contributed by atoms with van der Waals surface area (Å²) in [7, 11) is 0.235. The molecule has 0 aliphatic carbocycles. The van der Waals surface area contributed by atoms with Gasteiger partial charge < -0.3 is 13.8 Å². The van der Waals surface area contributed by atoms with Gasteiger partial charge in [-0.05, 0) is 0 Å². The maximum Gasteiger partial charge on any atom is 0.155 e. The summed E-state index contributed by atoms with van der Waals surface area (Å²) in [4.78, 5) is 0. The number of fused-ring (bicyclic) bond motifs is 1. The largest absolute Gasteiger partial charge is 0.373 e. The van der Waals surface area contributed by atoms with Crippen LogP contribution in [-0.4, -0.2) is 25.4 Å². The van der Waals surface area contributed by atoms with Crippen molar-refractivity contribution >= 4 is 9.03 Å². The van der Waals surface area contributed by atoms with Crippen LogP contribution in [0, 0.1) is 0 Å². The van der Waals surface area contributed by atoms with Gasteiger partial charge in [-0.15, -0.1) is 0 Å². The molecule has 2 rings (SSSR count). The van der Waals surface area contributed by atoms with Gasteiger partial charge >= 0.3 is 0 Å². The SMILES string of the molecule is C1CC2OPOCC2O1. The highest BCUT2D eigenvalue weighted by Crippen LogP contribution is 2.31. The first kappa shape index (κ1) is 6.05. The standard InChI is InChI=1S/C5H9O3P/c1-2-6-5-3-7-9-8-4(1)5/h4-5,9H,1-3H2. The van der Waals surface area contributed by atoms with Crippen LogP contribution in [0.25, 0.3) is 0 Å². The fourth-order valence-electron chi connectivity index (χ4n) is 1.13. The normalized spacial score (nSPS) is 45.3. The zero-order valence-corrected chi connectivity index (χ0v) is 6.00. The van der Waals surface area contributed by atoms with Gasteiger partial charge in [-0.3, -0.25) is 0 Å². The lowest BCUT2D eigenvalue weighted by Gasteiger charge is -2.23. The molecular weight excluding hydrogens is 139 g/mol. The molecule has 0 bridgehead atoms. The lowest BCUT2D eigenvalue weighted by Crippen LogP contribution is -2.29. The summed E-state index contributed by atoms with van der Waals surface area (Å²) in [5.74, 6) is 0. The van der Waals surface area contributed by atoms with Gasteiger partial charge in [0, 0.05) is 13.0 Å². The van der Waals surface area contributed by atoms with E-state index in [1.807, 2.05) is 0 Å². The molecule has 3 atom stereocenters. The van der Waals surface area contributed by atoms with E-state index < -0.39 is 0 Å². The second-order valence-corrected chi connectivity index (χ2v) is 2.94. The molecule has 0 spiro atoms. The first-order valence-electron chi connectivity index (χ1n) is 3.11. The zero-order valence-electron chi connectivity index (χ0n) is 5.00. The van der Waals surface area contributed by atoms with Crippen molar-refractivity contribution in [1.29, 1.82) is 0 Å². The van der Waals surface area contributed by atoms with Crippen LogP contribution in [0.2, 0.25) is 0 Å². The molecule has 0 radical (unpaired) electrons. The highest BCUT2D eigenvalue weighted by atomic mass is 31.1. The van der Waals surface area contributed by atoms with Gasteiger partial charge in [0.2, 0.25) is 0 Å². The fraction of sp³-hybridized carbons (Fsp3) is 1.00. The average molecular weight is 148 g/mol. The Bertz CT molecular complexity index is 96.4. The van der Waals surface area contributed by atoms with Crippen LogP contribution in [-0.2, 0) is 13.8 Å². The minimum absolute atomic E-state index is 0.228. The van der Waals surface area contributed by atoms with Crippen LogP contribution in [0.15, 0.2) is 0 Å². The van der Waals surface area contributed by atoms with E-state index in [0.29, 0.717) is 6.10 Å². The van der Waals surface area contributed by atoms with Crippen LogP contribution >= 0.6 is 9.03 Å². The molecular formula is C5H9O3P. The molecule has 3 unspecified atom stereocenters. The van der Waals surface area contributed by atoms with E-state index in [2.05, 4.69) is 0 Å². The molecule has 0 aromatic rings. The predicted molar refractivity (Wildman–Crippen MR) is 33.5 cm³/mol. The van der Waals surface area contributed by atoms with Crippen LogP contribution in [0.4, 0.5) is 0 Å². The molecule has 0 N–H and O–H groups in total. The Balaban J connectivity index is 1.97. The summed E-state index contributed by atoms with van der Waals surface area (Å²) in [5, 5.41) is 0. The summed E-state index contributed by atoms with van der Waals surface area (Å²) in [6, 6.07) is 0. The van der Waals surface area contributed by atoms with Crippen LogP contribution in [0.3, 0.4) is 0 Å². The molecule has 2 saturated heterocycles. The van der Waals surface area contributed by atoms with Crippen LogP contribution < -0.4 is 0 Å². The van der Waals surface area contributed by atoms with Crippen molar-refractivity contribution in [2.75, 3.05) is 13.2 Å². The third-order valence-electron chi connectivity index (χ3n) is 1.65. The van der Waals surface area contributed by atoms with Crippen molar-refractivity contribution < 1.29 is 13.8 Å². The summed E-state index contributed by atoms with van der Waals surface area (Å²) in [6.07, 6.45) is 1.60. The van der Waals surface area contributed by atoms with Crippen molar-refractivity contribution in [3.8, 4) is 0 Å². The Morgan fingerprint density at radius 2 is 2.33 bits per heavy atom. The molecule has 0 saturated carbocycles. The maximum absolute atomic E-state index is 5.31. The van der Waals surface area contributed by atoms with Gasteiger partial charge in [-0.1, -0.05) is 0 Å². The Morgan fingerprint density at radius 3 is 3.22 bits per heavy atom. The molecule has 0 aromatic carbocycles. The van der Waals surface area contributed by atoms with E-state index in [1.54, 1.807) is 0 Å². The summed E-state index contributed by atoms with van der Waals surface area (Å²) >= 11 is 0. The Hall–Kier alpha value is 0.310. The monoisotopic (exact) mass is 148 g/mol. The predicted octanol–water partition coefficient (Wildman–Crippen LogP) is 0.699. The first-order chi connectivity index (χ1) is 4.47. The molecule has 9 heavy (non-hydrogen) atoms.